The standard InChI is InChI=1S/C16H20N4O3/c1-10(16-18-11(2)19-23-16)17-12-6-7-14(22-3)13(9-12)20-8-4-5-15(20)21/h6-7,9-10,17H,4-5,8H2,1-3H3/t10-/m0/s1. The zero-order valence-corrected chi connectivity index (χ0v) is 13.5. The second-order valence-electron chi connectivity index (χ2n) is 5.58. The van der Waals surface area contributed by atoms with Gasteiger partial charge < -0.3 is 19.5 Å². The van der Waals surface area contributed by atoms with Gasteiger partial charge in [0.05, 0.1) is 12.8 Å². The lowest BCUT2D eigenvalue weighted by Crippen LogP contribution is -2.24. The first-order valence-electron chi connectivity index (χ1n) is 7.63. The molecule has 1 aliphatic heterocycles. The molecular weight excluding hydrogens is 296 g/mol. The number of methoxy groups -OCH3 is 1. The van der Waals surface area contributed by atoms with Gasteiger partial charge >= 0.3 is 0 Å². The van der Waals surface area contributed by atoms with E-state index in [0.29, 0.717) is 23.9 Å². The Morgan fingerprint density at radius 1 is 1.43 bits per heavy atom. The lowest BCUT2D eigenvalue weighted by molar-refractivity contribution is -0.117. The number of benzene rings is 1. The molecule has 1 N–H and O–H groups in total. The van der Waals surface area contributed by atoms with Gasteiger partial charge in [0.2, 0.25) is 11.8 Å². The van der Waals surface area contributed by atoms with Crippen LogP contribution in [0.3, 0.4) is 0 Å². The zero-order valence-electron chi connectivity index (χ0n) is 13.5. The summed E-state index contributed by atoms with van der Waals surface area (Å²) in [6.07, 6.45) is 1.45. The highest BCUT2D eigenvalue weighted by molar-refractivity contribution is 5.97. The van der Waals surface area contributed by atoms with E-state index < -0.39 is 0 Å². The van der Waals surface area contributed by atoms with Gasteiger partial charge in [-0.1, -0.05) is 5.16 Å². The summed E-state index contributed by atoms with van der Waals surface area (Å²) in [7, 11) is 1.61. The molecule has 1 fully saturated rings. The molecule has 1 amide bonds. The number of aryl methyl sites for hydroxylation is 1. The molecule has 2 heterocycles. The molecule has 3 rings (SSSR count). The maximum Gasteiger partial charge on any atom is 0.248 e. The summed E-state index contributed by atoms with van der Waals surface area (Å²) in [6, 6.07) is 5.55. The van der Waals surface area contributed by atoms with Crippen LogP contribution in [0.4, 0.5) is 11.4 Å². The molecule has 0 radical (unpaired) electrons. The molecule has 0 saturated carbocycles. The highest BCUT2D eigenvalue weighted by atomic mass is 16.5. The molecule has 1 aromatic carbocycles. The van der Waals surface area contributed by atoms with E-state index in [4.69, 9.17) is 9.26 Å². The van der Waals surface area contributed by atoms with Crippen molar-refractivity contribution < 1.29 is 14.1 Å². The summed E-state index contributed by atoms with van der Waals surface area (Å²) in [5.74, 6) is 1.94. The minimum absolute atomic E-state index is 0.126. The van der Waals surface area contributed by atoms with Crippen LogP contribution in [0.15, 0.2) is 22.7 Å². The topological polar surface area (TPSA) is 80.5 Å². The number of ether oxygens (including phenoxy) is 1. The Kier molecular flexibility index (Phi) is 4.18. The third kappa shape index (κ3) is 3.13. The number of hydrogen-bond donors (Lipinski definition) is 1. The third-order valence-corrected chi connectivity index (χ3v) is 3.84. The number of carbonyl (C=O) groups excluding carboxylic acids is 1. The predicted molar refractivity (Wildman–Crippen MR) is 85.7 cm³/mol. The van der Waals surface area contributed by atoms with E-state index in [1.807, 2.05) is 25.1 Å². The highest BCUT2D eigenvalue weighted by Crippen LogP contribution is 2.34. The van der Waals surface area contributed by atoms with Gasteiger partial charge in [0, 0.05) is 18.7 Å². The van der Waals surface area contributed by atoms with Crippen molar-refractivity contribution in [2.75, 3.05) is 23.9 Å². The lowest BCUT2D eigenvalue weighted by atomic mass is 10.2. The van der Waals surface area contributed by atoms with Crippen LogP contribution >= 0.6 is 0 Å². The van der Waals surface area contributed by atoms with Gasteiger partial charge in [-0.05, 0) is 38.5 Å². The molecule has 7 nitrogen and oxygen atoms in total. The van der Waals surface area contributed by atoms with Crippen LogP contribution in [0.1, 0.15) is 37.5 Å². The van der Waals surface area contributed by atoms with E-state index in [1.165, 1.54) is 0 Å². The summed E-state index contributed by atoms with van der Waals surface area (Å²) in [5.41, 5.74) is 1.65. The largest absolute Gasteiger partial charge is 0.495 e. The smallest absolute Gasteiger partial charge is 0.248 e. The summed E-state index contributed by atoms with van der Waals surface area (Å²) >= 11 is 0. The maximum absolute atomic E-state index is 12.0. The molecule has 0 bridgehead atoms. The second-order valence-corrected chi connectivity index (χ2v) is 5.58. The zero-order chi connectivity index (χ0) is 16.4. The van der Waals surface area contributed by atoms with Gasteiger partial charge in [0.15, 0.2) is 5.82 Å². The van der Waals surface area contributed by atoms with Crippen molar-refractivity contribution in [1.29, 1.82) is 0 Å². The van der Waals surface area contributed by atoms with Gasteiger partial charge in [0.25, 0.3) is 0 Å². The van der Waals surface area contributed by atoms with E-state index in [-0.39, 0.29) is 11.9 Å². The fourth-order valence-corrected chi connectivity index (χ4v) is 2.69. The van der Waals surface area contributed by atoms with E-state index >= 15 is 0 Å². The molecule has 2 aromatic rings. The van der Waals surface area contributed by atoms with E-state index in [0.717, 1.165) is 24.3 Å². The van der Waals surface area contributed by atoms with Crippen LogP contribution in [0.2, 0.25) is 0 Å². The van der Waals surface area contributed by atoms with Crippen LogP contribution in [-0.2, 0) is 4.79 Å². The Bertz CT molecular complexity index is 713. The average Bonchev–Trinajstić information content (AvgIpc) is 3.15. The summed E-state index contributed by atoms with van der Waals surface area (Å²) < 4.78 is 10.6. The number of amides is 1. The Balaban J connectivity index is 1.84. The van der Waals surface area contributed by atoms with Crippen molar-refractivity contribution in [3.63, 3.8) is 0 Å². The van der Waals surface area contributed by atoms with Crippen LogP contribution < -0.4 is 15.0 Å². The molecule has 0 unspecified atom stereocenters. The van der Waals surface area contributed by atoms with Gasteiger partial charge in [-0.25, -0.2) is 0 Å². The van der Waals surface area contributed by atoms with Gasteiger partial charge in [0.1, 0.15) is 11.8 Å². The molecule has 1 aromatic heterocycles. The Morgan fingerprint density at radius 2 is 2.26 bits per heavy atom. The molecule has 1 atom stereocenters. The number of anilines is 2. The number of hydrogen-bond acceptors (Lipinski definition) is 6. The van der Waals surface area contributed by atoms with Crippen molar-refractivity contribution in [2.24, 2.45) is 0 Å². The molecular formula is C16H20N4O3. The fourth-order valence-electron chi connectivity index (χ4n) is 2.69. The summed E-state index contributed by atoms with van der Waals surface area (Å²) in [5, 5.41) is 7.11. The SMILES string of the molecule is COc1ccc(N[C@@H](C)c2nc(C)no2)cc1N1CCCC1=O. The number of nitrogens with one attached hydrogen (secondary N) is 1. The molecule has 1 saturated heterocycles. The molecule has 0 spiro atoms. The number of aromatic nitrogens is 2. The van der Waals surface area contributed by atoms with E-state index in [9.17, 15) is 4.79 Å². The number of nitrogens with zero attached hydrogens (tertiary/aromatic N) is 3. The van der Waals surface area contributed by atoms with Crippen LogP contribution in [0.25, 0.3) is 0 Å². The van der Waals surface area contributed by atoms with Gasteiger partial charge in [-0.15, -0.1) is 0 Å². The molecule has 1 aliphatic rings. The molecule has 0 aliphatic carbocycles. The first-order valence-corrected chi connectivity index (χ1v) is 7.63. The van der Waals surface area contributed by atoms with Crippen molar-refractivity contribution >= 4 is 17.3 Å². The number of carbonyl (C=O) groups is 1. The van der Waals surface area contributed by atoms with Crippen molar-refractivity contribution in [1.82, 2.24) is 10.1 Å². The Hall–Kier alpha value is -2.57. The van der Waals surface area contributed by atoms with Gasteiger partial charge in [-0.2, -0.15) is 4.98 Å². The monoisotopic (exact) mass is 316 g/mol. The van der Waals surface area contributed by atoms with Crippen LogP contribution in [0.5, 0.6) is 5.75 Å². The van der Waals surface area contributed by atoms with Crippen molar-refractivity contribution in [2.45, 2.75) is 32.7 Å². The van der Waals surface area contributed by atoms with Gasteiger partial charge in [-0.3, -0.25) is 4.79 Å². The fraction of sp³-hybridized carbons (Fsp3) is 0.438. The molecule has 23 heavy (non-hydrogen) atoms. The third-order valence-electron chi connectivity index (χ3n) is 3.84. The van der Waals surface area contributed by atoms with Crippen LogP contribution in [-0.4, -0.2) is 29.7 Å². The van der Waals surface area contributed by atoms with Crippen LogP contribution in [0, 0.1) is 6.92 Å². The summed E-state index contributed by atoms with van der Waals surface area (Å²) in [6.45, 7) is 4.44. The lowest BCUT2D eigenvalue weighted by Gasteiger charge is -2.21. The minimum atomic E-state index is -0.133. The van der Waals surface area contributed by atoms with E-state index in [2.05, 4.69) is 15.5 Å². The first kappa shape index (κ1) is 15.3. The van der Waals surface area contributed by atoms with Crippen molar-refractivity contribution in [3.05, 3.63) is 29.9 Å². The maximum atomic E-state index is 12.0. The minimum Gasteiger partial charge on any atom is -0.495 e. The molecule has 7 heteroatoms. The average molecular weight is 316 g/mol. The quantitative estimate of drug-likeness (QED) is 0.913. The normalized spacial score (nSPS) is 15.8. The first-order chi connectivity index (χ1) is 11.1. The predicted octanol–water partition coefficient (Wildman–Crippen LogP) is 2.69. The molecule has 122 valence electrons. The Labute approximate surface area is 134 Å². The summed E-state index contributed by atoms with van der Waals surface area (Å²) in [4.78, 5) is 18.0. The highest BCUT2D eigenvalue weighted by Gasteiger charge is 2.25. The van der Waals surface area contributed by atoms with Crippen molar-refractivity contribution in [3.8, 4) is 5.75 Å². The number of rotatable bonds is 5. The van der Waals surface area contributed by atoms with E-state index in [1.54, 1.807) is 18.9 Å². The Morgan fingerprint density at radius 3 is 2.87 bits per heavy atom. The second kappa shape index (κ2) is 6.28.